The first-order valence-corrected chi connectivity index (χ1v) is 7.13. The fraction of sp³-hybridized carbons (Fsp3) is 0.0588. The van der Waals surface area contributed by atoms with E-state index in [9.17, 15) is 4.79 Å². The Bertz CT molecular complexity index is 746. The van der Waals surface area contributed by atoms with E-state index in [1.165, 1.54) is 12.1 Å². The van der Waals surface area contributed by atoms with E-state index < -0.39 is 0 Å². The number of hydrogen-bond donors (Lipinski definition) is 0. The first kappa shape index (κ1) is 16.1. The minimum atomic E-state index is -0.202. The Kier molecular flexibility index (Phi) is 5.60. The molecule has 0 saturated carbocycles. The summed E-state index contributed by atoms with van der Waals surface area (Å²) in [7, 11) is 0. The van der Waals surface area contributed by atoms with Crippen molar-refractivity contribution in [2.75, 3.05) is 6.61 Å². The van der Waals surface area contributed by atoms with Crippen molar-refractivity contribution in [2.24, 2.45) is 0 Å². The number of halogens is 2. The van der Waals surface area contributed by atoms with Crippen LogP contribution in [-0.4, -0.2) is 12.4 Å². The number of carbonyl (C=O) groups excluding carboxylic acids is 1. The zero-order valence-electron chi connectivity index (χ0n) is 11.4. The van der Waals surface area contributed by atoms with Gasteiger partial charge in [0.05, 0.1) is 5.02 Å². The fourth-order valence-electron chi connectivity index (χ4n) is 1.74. The van der Waals surface area contributed by atoms with Crippen LogP contribution in [0.5, 0.6) is 5.75 Å². The maximum atomic E-state index is 12.1. The molecule has 0 bridgehead atoms. The van der Waals surface area contributed by atoms with Gasteiger partial charge in [0.2, 0.25) is 0 Å². The molecule has 0 aliphatic rings. The van der Waals surface area contributed by atoms with Crippen LogP contribution in [0.3, 0.4) is 0 Å². The quantitative estimate of drug-likeness (QED) is 0.584. The molecule has 0 amide bonds. The van der Waals surface area contributed by atoms with Gasteiger partial charge in [-0.2, -0.15) is 5.26 Å². The maximum Gasteiger partial charge on any atom is 0.187 e. The van der Waals surface area contributed by atoms with Crippen molar-refractivity contribution in [2.45, 2.75) is 0 Å². The summed E-state index contributed by atoms with van der Waals surface area (Å²) in [6.07, 6.45) is 3.13. The van der Waals surface area contributed by atoms with Gasteiger partial charge >= 0.3 is 0 Å². The van der Waals surface area contributed by atoms with E-state index in [1.807, 2.05) is 6.07 Å². The Morgan fingerprint density at radius 3 is 2.55 bits per heavy atom. The summed E-state index contributed by atoms with van der Waals surface area (Å²) >= 11 is 11.8. The Morgan fingerprint density at radius 1 is 1.18 bits per heavy atom. The van der Waals surface area contributed by atoms with Crippen molar-refractivity contribution < 1.29 is 9.53 Å². The van der Waals surface area contributed by atoms with Crippen LogP contribution in [0.4, 0.5) is 0 Å². The van der Waals surface area contributed by atoms with E-state index in [4.69, 9.17) is 33.2 Å². The summed E-state index contributed by atoms with van der Waals surface area (Å²) in [5, 5.41) is 9.24. The molecule has 2 aromatic carbocycles. The zero-order chi connectivity index (χ0) is 15.9. The molecule has 0 aliphatic heterocycles. The lowest BCUT2D eigenvalue weighted by Gasteiger charge is -2.02. The van der Waals surface area contributed by atoms with Gasteiger partial charge in [-0.05, 0) is 42.0 Å². The second-order valence-electron chi connectivity index (χ2n) is 4.34. The maximum absolute atomic E-state index is 12.1. The van der Waals surface area contributed by atoms with Crippen LogP contribution in [0.25, 0.3) is 6.08 Å². The van der Waals surface area contributed by atoms with Crippen molar-refractivity contribution in [1.82, 2.24) is 0 Å². The number of ether oxygens (including phenoxy) is 1. The molecule has 0 aromatic heterocycles. The summed E-state index contributed by atoms with van der Waals surface area (Å²) < 4.78 is 5.15. The van der Waals surface area contributed by atoms with Crippen LogP contribution >= 0.6 is 23.2 Å². The molecule has 22 heavy (non-hydrogen) atoms. The summed E-state index contributed by atoms with van der Waals surface area (Å²) in [5.74, 6) is 0.400. The Hall–Kier alpha value is -2.28. The topological polar surface area (TPSA) is 50.1 Å². The average Bonchev–Trinajstić information content (AvgIpc) is 2.51. The van der Waals surface area contributed by atoms with Crippen LogP contribution in [0.2, 0.25) is 10.0 Å². The molecule has 3 nitrogen and oxygen atoms in total. The molecule has 5 heteroatoms. The van der Waals surface area contributed by atoms with Gasteiger partial charge in [0.25, 0.3) is 0 Å². The molecule has 0 N–H and O–H groups in total. The lowest BCUT2D eigenvalue weighted by Crippen LogP contribution is -1.95. The van der Waals surface area contributed by atoms with Gasteiger partial charge in [0.15, 0.2) is 12.4 Å². The molecule has 2 aromatic rings. The van der Waals surface area contributed by atoms with Gasteiger partial charge in [-0.3, -0.25) is 4.79 Å². The summed E-state index contributed by atoms with van der Waals surface area (Å²) in [5.41, 5.74) is 1.24. The Balaban J connectivity index is 2.08. The van der Waals surface area contributed by atoms with Crippen molar-refractivity contribution in [1.29, 1.82) is 5.26 Å². The predicted octanol–water partition coefficient (Wildman–Crippen LogP) is 4.79. The largest absolute Gasteiger partial charge is 0.479 e. The molecule has 0 saturated heterocycles. The Labute approximate surface area is 138 Å². The van der Waals surface area contributed by atoms with Crippen LogP contribution in [0.1, 0.15) is 15.9 Å². The first-order valence-electron chi connectivity index (χ1n) is 6.37. The molecular weight excluding hydrogens is 321 g/mol. The number of allylic oxidation sites excluding steroid dienone is 1. The molecule has 0 unspecified atom stereocenters. The minimum absolute atomic E-state index is 0.00272. The third kappa shape index (κ3) is 4.36. The normalized spacial score (nSPS) is 10.4. The number of nitriles is 1. The lowest BCUT2D eigenvalue weighted by atomic mass is 10.1. The fourth-order valence-corrected chi connectivity index (χ4v) is 2.24. The zero-order valence-corrected chi connectivity index (χ0v) is 12.9. The van der Waals surface area contributed by atoms with Crippen LogP contribution in [0, 0.1) is 11.3 Å². The summed E-state index contributed by atoms with van der Waals surface area (Å²) in [4.78, 5) is 12.1. The molecule has 110 valence electrons. The SMILES string of the molecule is N#CCOc1ccc(/C=C/C(=O)c2ccc(Cl)cc2Cl)cc1. The van der Waals surface area contributed by atoms with Gasteiger partial charge in [-0.1, -0.05) is 41.4 Å². The standard InChI is InChI=1S/C17H11Cl2NO2/c18-13-4-7-15(16(19)11-13)17(21)8-3-12-1-5-14(6-2-12)22-10-9-20/h1-8,11H,10H2/b8-3+. The number of hydrogen-bond acceptors (Lipinski definition) is 3. The molecule has 0 atom stereocenters. The molecule has 0 radical (unpaired) electrons. The van der Waals surface area contributed by atoms with Crippen molar-refractivity contribution in [3.05, 3.63) is 69.7 Å². The lowest BCUT2D eigenvalue weighted by molar-refractivity contribution is 0.104. The van der Waals surface area contributed by atoms with E-state index in [-0.39, 0.29) is 12.4 Å². The average molecular weight is 332 g/mol. The number of ketones is 1. The van der Waals surface area contributed by atoms with E-state index in [2.05, 4.69) is 0 Å². The van der Waals surface area contributed by atoms with Crippen LogP contribution in [0.15, 0.2) is 48.5 Å². The van der Waals surface area contributed by atoms with Gasteiger partial charge in [-0.25, -0.2) is 0 Å². The van der Waals surface area contributed by atoms with Gasteiger partial charge < -0.3 is 4.74 Å². The van der Waals surface area contributed by atoms with Gasteiger partial charge in [0.1, 0.15) is 11.8 Å². The second-order valence-corrected chi connectivity index (χ2v) is 5.18. The van der Waals surface area contributed by atoms with Crippen molar-refractivity contribution >= 4 is 35.1 Å². The highest BCUT2D eigenvalue weighted by Crippen LogP contribution is 2.22. The molecule has 0 aliphatic carbocycles. The molecule has 0 heterocycles. The monoisotopic (exact) mass is 331 g/mol. The van der Waals surface area contributed by atoms with E-state index in [0.29, 0.717) is 21.4 Å². The smallest absolute Gasteiger partial charge is 0.187 e. The van der Waals surface area contributed by atoms with Crippen LogP contribution < -0.4 is 4.74 Å². The van der Waals surface area contributed by atoms with Gasteiger partial charge in [-0.15, -0.1) is 0 Å². The van der Waals surface area contributed by atoms with Crippen LogP contribution in [-0.2, 0) is 0 Å². The number of benzene rings is 2. The minimum Gasteiger partial charge on any atom is -0.479 e. The van der Waals surface area contributed by atoms with E-state index in [0.717, 1.165) is 5.56 Å². The summed E-state index contributed by atoms with van der Waals surface area (Å²) in [6, 6.07) is 13.7. The molecule has 0 spiro atoms. The highest BCUT2D eigenvalue weighted by molar-refractivity contribution is 6.37. The van der Waals surface area contributed by atoms with E-state index >= 15 is 0 Å². The first-order chi connectivity index (χ1) is 10.6. The number of carbonyl (C=O) groups is 1. The number of rotatable bonds is 5. The Morgan fingerprint density at radius 2 is 1.91 bits per heavy atom. The highest BCUT2D eigenvalue weighted by atomic mass is 35.5. The van der Waals surface area contributed by atoms with Gasteiger partial charge in [0, 0.05) is 10.6 Å². The van der Waals surface area contributed by atoms with Crippen molar-refractivity contribution in [3.63, 3.8) is 0 Å². The third-order valence-corrected chi connectivity index (χ3v) is 3.36. The number of nitrogens with zero attached hydrogens (tertiary/aromatic N) is 1. The third-order valence-electron chi connectivity index (χ3n) is 2.81. The predicted molar refractivity (Wildman–Crippen MR) is 87.4 cm³/mol. The summed E-state index contributed by atoms with van der Waals surface area (Å²) in [6.45, 7) is 0.00272. The molecule has 2 rings (SSSR count). The highest BCUT2D eigenvalue weighted by Gasteiger charge is 2.07. The van der Waals surface area contributed by atoms with Crippen molar-refractivity contribution in [3.8, 4) is 11.8 Å². The molecule has 0 fully saturated rings. The second kappa shape index (κ2) is 7.65. The molecular formula is C17H11Cl2NO2. The van der Waals surface area contributed by atoms with E-state index in [1.54, 1.807) is 42.5 Å².